The van der Waals surface area contributed by atoms with Crippen molar-refractivity contribution in [2.45, 2.75) is 206 Å². The molecule has 3 N–H and O–H groups in total. The first-order chi connectivity index (χ1) is 22.7. The Labute approximate surface area is 286 Å². The fourth-order valence-corrected chi connectivity index (χ4v) is 5.69. The minimum absolute atomic E-state index is 0.0792. The van der Waals surface area contributed by atoms with Crippen molar-refractivity contribution in [1.29, 1.82) is 0 Å². The van der Waals surface area contributed by atoms with E-state index >= 15 is 0 Å². The third kappa shape index (κ3) is 33.7. The van der Waals surface area contributed by atoms with E-state index in [2.05, 4.69) is 55.6 Å². The second kappa shape index (κ2) is 37.8. The molecule has 0 aliphatic rings. The zero-order chi connectivity index (χ0) is 33.6. The number of nitrogens with one attached hydrogen (secondary N) is 1. The number of amides is 1. The molecule has 0 heterocycles. The summed E-state index contributed by atoms with van der Waals surface area (Å²) in [6, 6.07) is -0.637. The third-order valence-electron chi connectivity index (χ3n) is 8.78. The molecule has 0 rings (SSSR count). The summed E-state index contributed by atoms with van der Waals surface area (Å²) < 4.78 is 0. The van der Waals surface area contributed by atoms with Gasteiger partial charge in [-0.05, 0) is 64.2 Å². The van der Waals surface area contributed by atoms with Crippen LogP contribution in [-0.2, 0) is 4.79 Å². The van der Waals surface area contributed by atoms with E-state index in [4.69, 9.17) is 0 Å². The van der Waals surface area contributed by atoms with Crippen molar-refractivity contribution in [2.75, 3.05) is 6.61 Å². The Morgan fingerprint density at radius 1 is 0.522 bits per heavy atom. The van der Waals surface area contributed by atoms with Gasteiger partial charge in [0.15, 0.2) is 0 Å². The lowest BCUT2D eigenvalue weighted by Gasteiger charge is -2.19. The van der Waals surface area contributed by atoms with Crippen LogP contribution in [0.2, 0.25) is 0 Å². The van der Waals surface area contributed by atoms with E-state index in [1.807, 2.05) is 6.08 Å². The molecule has 0 aromatic heterocycles. The molecular weight excluding hydrogens is 566 g/mol. The van der Waals surface area contributed by atoms with Crippen molar-refractivity contribution < 1.29 is 15.0 Å². The molecule has 0 saturated carbocycles. The van der Waals surface area contributed by atoms with Gasteiger partial charge in [0.1, 0.15) is 0 Å². The van der Waals surface area contributed by atoms with Crippen LogP contribution >= 0.6 is 0 Å². The summed E-state index contributed by atoms with van der Waals surface area (Å²) in [4.78, 5) is 12.3. The molecule has 0 aliphatic carbocycles. The van der Waals surface area contributed by atoms with Gasteiger partial charge in [-0.1, -0.05) is 172 Å². The molecule has 4 nitrogen and oxygen atoms in total. The Balaban J connectivity index is 3.53. The summed E-state index contributed by atoms with van der Waals surface area (Å²) in [5, 5.41) is 22.8. The predicted octanol–water partition coefficient (Wildman–Crippen LogP) is 12.0. The highest BCUT2D eigenvalue weighted by molar-refractivity contribution is 5.76. The second-order valence-corrected chi connectivity index (χ2v) is 13.3. The molecule has 0 spiro atoms. The molecule has 0 aromatic rings. The topological polar surface area (TPSA) is 69.6 Å². The maximum Gasteiger partial charge on any atom is 0.220 e. The first kappa shape index (κ1) is 44.4. The number of aliphatic hydroxyl groups excluding tert-OH is 2. The smallest absolute Gasteiger partial charge is 0.220 e. The highest BCUT2D eigenvalue weighted by Crippen LogP contribution is 2.14. The fourth-order valence-electron chi connectivity index (χ4n) is 5.69. The Hall–Kier alpha value is -1.65. The predicted molar refractivity (Wildman–Crippen MR) is 202 cm³/mol. The van der Waals surface area contributed by atoms with E-state index in [1.165, 1.54) is 135 Å². The summed E-state index contributed by atoms with van der Waals surface area (Å²) in [7, 11) is 0. The molecule has 1 amide bonds. The maximum atomic E-state index is 12.3. The Morgan fingerprint density at radius 3 is 1.43 bits per heavy atom. The van der Waals surface area contributed by atoms with E-state index in [0.29, 0.717) is 6.42 Å². The molecule has 46 heavy (non-hydrogen) atoms. The monoisotopic (exact) mass is 644 g/mol. The van der Waals surface area contributed by atoms with E-state index < -0.39 is 12.1 Å². The third-order valence-corrected chi connectivity index (χ3v) is 8.78. The number of rotatable bonds is 35. The van der Waals surface area contributed by atoms with Crippen LogP contribution in [0.1, 0.15) is 194 Å². The number of unbranched alkanes of at least 4 members (excludes halogenated alkanes) is 22. The van der Waals surface area contributed by atoms with Crippen LogP contribution in [0.4, 0.5) is 0 Å². The van der Waals surface area contributed by atoms with Crippen LogP contribution < -0.4 is 5.32 Å². The van der Waals surface area contributed by atoms with Gasteiger partial charge in [-0.2, -0.15) is 0 Å². The molecule has 0 aromatic carbocycles. The van der Waals surface area contributed by atoms with Crippen LogP contribution in [0.25, 0.3) is 0 Å². The summed E-state index contributed by atoms with van der Waals surface area (Å²) in [6.07, 6.45) is 50.7. The zero-order valence-corrected chi connectivity index (χ0v) is 30.6. The average molecular weight is 644 g/mol. The lowest BCUT2D eigenvalue weighted by molar-refractivity contribution is -0.123. The van der Waals surface area contributed by atoms with Gasteiger partial charge in [-0.25, -0.2) is 0 Å². The van der Waals surface area contributed by atoms with Crippen molar-refractivity contribution in [3.05, 3.63) is 48.6 Å². The van der Waals surface area contributed by atoms with Gasteiger partial charge < -0.3 is 15.5 Å². The summed E-state index contributed by atoms with van der Waals surface area (Å²) >= 11 is 0. The summed E-state index contributed by atoms with van der Waals surface area (Å²) in [6.45, 7) is 4.23. The van der Waals surface area contributed by atoms with Gasteiger partial charge in [0.05, 0.1) is 18.8 Å². The van der Waals surface area contributed by atoms with Crippen molar-refractivity contribution in [1.82, 2.24) is 5.32 Å². The molecule has 0 aliphatic heterocycles. The minimum Gasteiger partial charge on any atom is -0.394 e. The molecule has 0 radical (unpaired) electrons. The highest BCUT2D eigenvalue weighted by Gasteiger charge is 2.17. The number of carbonyl (C=O) groups excluding carboxylic acids is 1. The molecule has 2 atom stereocenters. The molecular formula is C42H77NO3. The standard InChI is InChI=1S/C42H77NO3/c1-3-5-7-9-11-13-14-15-16-17-18-19-20-21-22-23-24-25-26-27-28-30-32-34-36-38-42(46)43-40(39-44)41(45)37-35-33-31-29-12-10-8-6-4-2/h12,14-15,17-18,29,35,37,40-41,44-45H,3-11,13,16,19-28,30-34,36,38-39H2,1-2H3,(H,43,46)/b15-14-,18-17-,29-12+,37-35+. The fraction of sp³-hybridized carbons (Fsp3) is 0.786. The van der Waals surface area contributed by atoms with E-state index in [9.17, 15) is 15.0 Å². The summed E-state index contributed by atoms with van der Waals surface area (Å²) in [5.74, 6) is -0.0792. The van der Waals surface area contributed by atoms with Crippen molar-refractivity contribution in [2.24, 2.45) is 0 Å². The van der Waals surface area contributed by atoms with Gasteiger partial charge in [-0.3, -0.25) is 4.79 Å². The zero-order valence-electron chi connectivity index (χ0n) is 30.6. The van der Waals surface area contributed by atoms with Crippen molar-refractivity contribution >= 4 is 5.91 Å². The normalized spacial score (nSPS) is 13.6. The molecule has 4 heteroatoms. The number of allylic oxidation sites excluding steroid dienone is 7. The van der Waals surface area contributed by atoms with Gasteiger partial charge in [0.25, 0.3) is 0 Å². The Morgan fingerprint density at radius 2 is 0.913 bits per heavy atom. The Bertz CT molecular complexity index is 741. The first-order valence-electron chi connectivity index (χ1n) is 19.9. The molecule has 268 valence electrons. The molecule has 0 fully saturated rings. The molecule has 0 saturated heterocycles. The van der Waals surface area contributed by atoms with Crippen LogP contribution in [0.15, 0.2) is 48.6 Å². The van der Waals surface area contributed by atoms with E-state index in [1.54, 1.807) is 6.08 Å². The first-order valence-corrected chi connectivity index (χ1v) is 19.9. The number of carbonyl (C=O) groups is 1. The van der Waals surface area contributed by atoms with E-state index in [0.717, 1.165) is 38.5 Å². The van der Waals surface area contributed by atoms with Crippen LogP contribution in [-0.4, -0.2) is 34.9 Å². The van der Waals surface area contributed by atoms with Crippen molar-refractivity contribution in [3.8, 4) is 0 Å². The van der Waals surface area contributed by atoms with Crippen LogP contribution in [0, 0.1) is 0 Å². The van der Waals surface area contributed by atoms with E-state index in [-0.39, 0.29) is 12.5 Å². The van der Waals surface area contributed by atoms with Gasteiger partial charge in [-0.15, -0.1) is 0 Å². The molecule has 0 bridgehead atoms. The second-order valence-electron chi connectivity index (χ2n) is 13.3. The minimum atomic E-state index is -0.859. The van der Waals surface area contributed by atoms with Crippen LogP contribution in [0.5, 0.6) is 0 Å². The largest absolute Gasteiger partial charge is 0.394 e. The maximum absolute atomic E-state index is 12.3. The molecule has 2 unspecified atom stereocenters. The number of aliphatic hydroxyl groups is 2. The lowest BCUT2D eigenvalue weighted by Crippen LogP contribution is -2.45. The number of hydrogen-bond donors (Lipinski definition) is 3. The SMILES string of the molecule is CCCCC/C=C/CC/C=C/C(O)C(CO)NC(=O)CCCCCCCCCCCCCCC/C=C\C/C=C\CCCCCCC. The summed E-state index contributed by atoms with van der Waals surface area (Å²) in [5.41, 5.74) is 0. The highest BCUT2D eigenvalue weighted by atomic mass is 16.3. The Kier molecular flexibility index (Phi) is 36.4. The quantitative estimate of drug-likeness (QED) is 0.0475. The van der Waals surface area contributed by atoms with Gasteiger partial charge >= 0.3 is 0 Å². The number of hydrogen-bond acceptors (Lipinski definition) is 3. The van der Waals surface area contributed by atoms with Crippen LogP contribution in [0.3, 0.4) is 0 Å². The van der Waals surface area contributed by atoms with Gasteiger partial charge in [0.2, 0.25) is 5.91 Å². The van der Waals surface area contributed by atoms with Crippen molar-refractivity contribution in [3.63, 3.8) is 0 Å². The van der Waals surface area contributed by atoms with Gasteiger partial charge in [0, 0.05) is 6.42 Å². The average Bonchev–Trinajstić information content (AvgIpc) is 3.06. The lowest BCUT2D eigenvalue weighted by atomic mass is 10.0.